The van der Waals surface area contributed by atoms with Crippen LogP contribution in [-0.2, 0) is 14.3 Å². The number of carbonyl (C=O) groups excluding carboxylic acids is 1. The van der Waals surface area contributed by atoms with Gasteiger partial charge in [0.1, 0.15) is 6.10 Å². The Morgan fingerprint density at radius 1 is 1.16 bits per heavy atom. The van der Waals surface area contributed by atoms with Crippen molar-refractivity contribution in [2.45, 2.75) is 82.0 Å². The molecule has 110 valence electrons. The highest BCUT2D eigenvalue weighted by Crippen LogP contribution is 2.30. The second-order valence-electron chi connectivity index (χ2n) is 6.24. The van der Waals surface area contributed by atoms with Gasteiger partial charge in [0.15, 0.2) is 0 Å². The molecular weight excluding hydrogens is 242 g/mol. The van der Waals surface area contributed by atoms with Crippen LogP contribution in [0.1, 0.15) is 64.2 Å². The van der Waals surface area contributed by atoms with E-state index < -0.39 is 0 Å². The summed E-state index contributed by atoms with van der Waals surface area (Å²) in [5.41, 5.74) is 5.98. The van der Waals surface area contributed by atoms with E-state index in [1.165, 1.54) is 6.42 Å². The van der Waals surface area contributed by atoms with Crippen molar-refractivity contribution in [3.05, 3.63) is 0 Å². The average Bonchev–Trinajstić information content (AvgIpc) is 2.39. The molecule has 0 heterocycles. The summed E-state index contributed by atoms with van der Waals surface area (Å²) in [7, 11) is 1.73. The lowest BCUT2D eigenvalue weighted by Gasteiger charge is -2.34. The Labute approximate surface area is 116 Å². The molecule has 0 aromatic carbocycles. The minimum absolute atomic E-state index is 0.0263. The average molecular weight is 269 g/mol. The van der Waals surface area contributed by atoms with Gasteiger partial charge in [0.25, 0.3) is 0 Å². The summed E-state index contributed by atoms with van der Waals surface area (Å²) in [6, 6.07) is 0. The van der Waals surface area contributed by atoms with Crippen molar-refractivity contribution in [2.75, 3.05) is 7.11 Å². The fourth-order valence-corrected chi connectivity index (χ4v) is 3.37. The molecule has 0 spiro atoms. The van der Waals surface area contributed by atoms with E-state index in [4.69, 9.17) is 15.2 Å². The first-order valence-corrected chi connectivity index (χ1v) is 7.62. The van der Waals surface area contributed by atoms with Crippen LogP contribution in [0.4, 0.5) is 0 Å². The number of esters is 1. The molecule has 2 N–H and O–H groups in total. The van der Waals surface area contributed by atoms with Crippen LogP contribution in [0.5, 0.6) is 0 Å². The Morgan fingerprint density at radius 3 is 2.53 bits per heavy atom. The van der Waals surface area contributed by atoms with Gasteiger partial charge in [0.05, 0.1) is 12.5 Å². The molecule has 2 aliphatic carbocycles. The summed E-state index contributed by atoms with van der Waals surface area (Å²) in [5.74, 6) is -0.119. The van der Waals surface area contributed by atoms with E-state index >= 15 is 0 Å². The highest BCUT2D eigenvalue weighted by atomic mass is 16.5. The van der Waals surface area contributed by atoms with Crippen LogP contribution in [0.15, 0.2) is 0 Å². The predicted octanol–water partition coefficient (Wildman–Crippen LogP) is 2.54. The highest BCUT2D eigenvalue weighted by Gasteiger charge is 2.32. The van der Waals surface area contributed by atoms with E-state index in [0.29, 0.717) is 6.42 Å². The first kappa shape index (κ1) is 14.8. The third kappa shape index (κ3) is 4.46. The van der Waals surface area contributed by atoms with E-state index in [-0.39, 0.29) is 23.7 Å². The molecule has 0 amide bonds. The van der Waals surface area contributed by atoms with Gasteiger partial charge >= 0.3 is 5.97 Å². The van der Waals surface area contributed by atoms with Gasteiger partial charge < -0.3 is 15.2 Å². The molecule has 0 aromatic heterocycles. The first-order valence-electron chi connectivity index (χ1n) is 7.62. The molecule has 2 atom stereocenters. The first-order chi connectivity index (χ1) is 9.11. The third-order valence-electron chi connectivity index (χ3n) is 4.56. The molecule has 2 saturated carbocycles. The SMILES string of the molecule is COC1CCCC(OC(=O)CC2(N)CCCCC2)C1. The monoisotopic (exact) mass is 269 g/mol. The van der Waals surface area contributed by atoms with Gasteiger partial charge in [-0.2, -0.15) is 0 Å². The van der Waals surface area contributed by atoms with Gasteiger partial charge in [0, 0.05) is 19.1 Å². The summed E-state index contributed by atoms with van der Waals surface area (Å²) >= 11 is 0. The van der Waals surface area contributed by atoms with E-state index in [1.807, 2.05) is 0 Å². The Hall–Kier alpha value is -0.610. The van der Waals surface area contributed by atoms with Crippen molar-refractivity contribution >= 4 is 5.97 Å². The lowest BCUT2D eigenvalue weighted by molar-refractivity contribution is -0.154. The van der Waals surface area contributed by atoms with Crippen LogP contribution in [0.25, 0.3) is 0 Å². The number of nitrogens with two attached hydrogens (primary N) is 1. The van der Waals surface area contributed by atoms with Crippen molar-refractivity contribution in [1.29, 1.82) is 0 Å². The maximum absolute atomic E-state index is 12.0. The van der Waals surface area contributed by atoms with Crippen molar-refractivity contribution in [3.63, 3.8) is 0 Å². The molecule has 2 unspecified atom stereocenters. The van der Waals surface area contributed by atoms with Gasteiger partial charge in [-0.1, -0.05) is 19.3 Å². The van der Waals surface area contributed by atoms with Crippen LogP contribution >= 0.6 is 0 Å². The van der Waals surface area contributed by atoms with Crippen molar-refractivity contribution in [1.82, 2.24) is 0 Å². The van der Waals surface area contributed by atoms with Crippen molar-refractivity contribution in [2.24, 2.45) is 5.73 Å². The van der Waals surface area contributed by atoms with Crippen LogP contribution < -0.4 is 5.73 Å². The Balaban J connectivity index is 1.77. The molecule has 0 radical (unpaired) electrons. The smallest absolute Gasteiger partial charge is 0.307 e. The fraction of sp³-hybridized carbons (Fsp3) is 0.933. The molecule has 2 fully saturated rings. The van der Waals surface area contributed by atoms with Gasteiger partial charge in [-0.15, -0.1) is 0 Å². The second-order valence-corrected chi connectivity index (χ2v) is 6.24. The molecule has 0 aliphatic heterocycles. The zero-order valence-electron chi connectivity index (χ0n) is 12.0. The fourth-order valence-electron chi connectivity index (χ4n) is 3.37. The quantitative estimate of drug-likeness (QED) is 0.797. The number of carbonyl (C=O) groups is 1. The molecule has 2 rings (SSSR count). The zero-order valence-corrected chi connectivity index (χ0v) is 12.0. The van der Waals surface area contributed by atoms with Crippen LogP contribution in [0.3, 0.4) is 0 Å². The van der Waals surface area contributed by atoms with E-state index in [0.717, 1.165) is 51.4 Å². The molecule has 2 aliphatic rings. The lowest BCUT2D eigenvalue weighted by atomic mass is 9.80. The predicted molar refractivity (Wildman–Crippen MR) is 73.8 cm³/mol. The van der Waals surface area contributed by atoms with Crippen LogP contribution in [-0.4, -0.2) is 30.8 Å². The molecule has 0 aromatic rings. The summed E-state index contributed by atoms with van der Waals surface area (Å²) in [5, 5.41) is 0. The number of rotatable bonds is 4. The van der Waals surface area contributed by atoms with E-state index in [9.17, 15) is 4.79 Å². The minimum atomic E-state index is -0.315. The Morgan fingerprint density at radius 2 is 1.84 bits per heavy atom. The van der Waals surface area contributed by atoms with Gasteiger partial charge in [-0.05, 0) is 32.1 Å². The Bertz CT molecular complexity index is 300. The van der Waals surface area contributed by atoms with Crippen LogP contribution in [0.2, 0.25) is 0 Å². The normalized spacial score (nSPS) is 30.8. The molecule has 0 saturated heterocycles. The second kappa shape index (κ2) is 6.71. The summed E-state index contributed by atoms with van der Waals surface area (Å²) in [4.78, 5) is 12.0. The Kier molecular flexibility index (Phi) is 5.22. The zero-order chi connectivity index (χ0) is 13.7. The summed E-state index contributed by atoms with van der Waals surface area (Å²) in [6.07, 6.45) is 10.0. The van der Waals surface area contributed by atoms with E-state index in [2.05, 4.69) is 0 Å². The number of ether oxygens (including phenoxy) is 2. The molecule has 19 heavy (non-hydrogen) atoms. The maximum atomic E-state index is 12.0. The van der Waals surface area contributed by atoms with Crippen molar-refractivity contribution < 1.29 is 14.3 Å². The largest absolute Gasteiger partial charge is 0.462 e. The van der Waals surface area contributed by atoms with Crippen LogP contribution in [0, 0.1) is 0 Å². The third-order valence-corrected chi connectivity index (χ3v) is 4.56. The van der Waals surface area contributed by atoms with Crippen molar-refractivity contribution in [3.8, 4) is 0 Å². The van der Waals surface area contributed by atoms with Gasteiger partial charge in [-0.3, -0.25) is 4.79 Å². The molecule has 4 heteroatoms. The van der Waals surface area contributed by atoms with Gasteiger partial charge in [0.2, 0.25) is 0 Å². The summed E-state index contributed by atoms with van der Waals surface area (Å²) < 4.78 is 10.9. The topological polar surface area (TPSA) is 61.5 Å². The lowest BCUT2D eigenvalue weighted by Crippen LogP contribution is -2.44. The number of hydrogen-bond donors (Lipinski definition) is 1. The molecular formula is C15H27NO3. The highest BCUT2D eigenvalue weighted by molar-refractivity contribution is 5.71. The molecule has 0 bridgehead atoms. The standard InChI is InChI=1S/C15H27NO3/c1-18-12-6-5-7-13(10-12)19-14(17)11-15(16)8-3-2-4-9-15/h12-13H,2-11,16H2,1H3. The van der Waals surface area contributed by atoms with E-state index in [1.54, 1.807) is 7.11 Å². The molecule has 4 nitrogen and oxygen atoms in total. The summed E-state index contributed by atoms with van der Waals surface area (Å²) in [6.45, 7) is 0. The number of hydrogen-bond acceptors (Lipinski definition) is 4. The minimum Gasteiger partial charge on any atom is -0.462 e. The maximum Gasteiger partial charge on any atom is 0.307 e. The van der Waals surface area contributed by atoms with Gasteiger partial charge in [-0.25, -0.2) is 0 Å². The number of methoxy groups -OCH3 is 1.